The van der Waals surface area contributed by atoms with Crippen LogP contribution >= 0.6 is 0 Å². The Labute approximate surface area is 101 Å². The van der Waals surface area contributed by atoms with Crippen molar-refractivity contribution in [1.29, 1.82) is 0 Å². The summed E-state index contributed by atoms with van der Waals surface area (Å²) in [6.07, 6.45) is 4.70. The first-order valence-electron chi connectivity index (χ1n) is 5.56. The highest BCUT2D eigenvalue weighted by Crippen LogP contribution is 2.20. The van der Waals surface area contributed by atoms with Crippen molar-refractivity contribution in [2.45, 2.75) is 24.3 Å². The van der Waals surface area contributed by atoms with Crippen LogP contribution in [0.5, 0.6) is 0 Å². The van der Waals surface area contributed by atoms with Crippen molar-refractivity contribution in [3.05, 3.63) is 23.9 Å². The van der Waals surface area contributed by atoms with E-state index >= 15 is 0 Å². The second-order valence-electron chi connectivity index (χ2n) is 3.98. The van der Waals surface area contributed by atoms with E-state index in [-0.39, 0.29) is 10.6 Å². The Morgan fingerprint density at radius 3 is 2.59 bits per heavy atom. The number of rotatable bonds is 3. The average molecular weight is 254 g/mol. The Balaban J connectivity index is 2.40. The van der Waals surface area contributed by atoms with Gasteiger partial charge >= 0.3 is 0 Å². The zero-order chi connectivity index (χ0) is 12.3. The third kappa shape index (κ3) is 2.37. The molecule has 1 aromatic heterocycles. The highest BCUT2D eigenvalue weighted by atomic mass is 32.2. The lowest BCUT2D eigenvalue weighted by atomic mass is 10.2. The lowest BCUT2D eigenvalue weighted by Gasteiger charge is -2.25. The molecular weight excluding hydrogens is 240 g/mol. The van der Waals surface area contributed by atoms with E-state index in [1.54, 1.807) is 6.07 Å². The number of carbonyl (C=O) groups excluding carboxylic acids is 1. The molecule has 1 fully saturated rings. The van der Waals surface area contributed by atoms with Gasteiger partial charge in [-0.05, 0) is 25.0 Å². The molecule has 0 saturated carbocycles. The summed E-state index contributed by atoms with van der Waals surface area (Å²) in [5, 5.41) is -0.128. The highest BCUT2D eigenvalue weighted by molar-refractivity contribution is 7.89. The van der Waals surface area contributed by atoms with E-state index in [9.17, 15) is 13.2 Å². The standard InChI is InChI=1S/C11H14N2O3S/c14-9-10-5-4-6-12-11(10)17(15,16)13-7-2-1-3-8-13/h4-6,9H,1-3,7-8H2. The molecule has 0 aliphatic carbocycles. The van der Waals surface area contributed by atoms with E-state index in [2.05, 4.69) is 4.98 Å². The third-order valence-electron chi connectivity index (χ3n) is 2.83. The van der Waals surface area contributed by atoms with Gasteiger partial charge in [0.05, 0.1) is 5.56 Å². The molecule has 0 aromatic carbocycles. The van der Waals surface area contributed by atoms with Crippen LogP contribution < -0.4 is 0 Å². The predicted molar refractivity (Wildman–Crippen MR) is 62.2 cm³/mol. The second kappa shape index (κ2) is 4.93. The van der Waals surface area contributed by atoms with Crippen LogP contribution in [0.25, 0.3) is 0 Å². The summed E-state index contributed by atoms with van der Waals surface area (Å²) in [7, 11) is -3.61. The lowest BCUT2D eigenvalue weighted by Crippen LogP contribution is -2.36. The van der Waals surface area contributed by atoms with E-state index in [1.165, 1.54) is 16.6 Å². The molecule has 5 nitrogen and oxygen atoms in total. The molecule has 1 aromatic rings. The smallest absolute Gasteiger partial charge is 0.261 e. The van der Waals surface area contributed by atoms with Crippen molar-refractivity contribution in [1.82, 2.24) is 9.29 Å². The van der Waals surface area contributed by atoms with Crippen molar-refractivity contribution < 1.29 is 13.2 Å². The van der Waals surface area contributed by atoms with Crippen molar-refractivity contribution in [2.24, 2.45) is 0 Å². The molecule has 0 spiro atoms. The molecule has 2 rings (SSSR count). The maximum Gasteiger partial charge on any atom is 0.261 e. The minimum absolute atomic E-state index is 0.123. The number of piperidine rings is 1. The van der Waals surface area contributed by atoms with Gasteiger partial charge in [-0.15, -0.1) is 0 Å². The van der Waals surface area contributed by atoms with Crippen LogP contribution in [0.15, 0.2) is 23.4 Å². The number of aldehydes is 1. The molecular formula is C11H14N2O3S. The summed E-state index contributed by atoms with van der Waals surface area (Å²) in [4.78, 5) is 14.7. The molecule has 0 amide bonds. The van der Waals surface area contributed by atoms with E-state index in [4.69, 9.17) is 0 Å². The largest absolute Gasteiger partial charge is 0.298 e. The van der Waals surface area contributed by atoms with Gasteiger partial charge in [0.2, 0.25) is 0 Å². The SMILES string of the molecule is O=Cc1cccnc1S(=O)(=O)N1CCCCC1. The fraction of sp³-hybridized carbons (Fsp3) is 0.455. The molecule has 0 bridgehead atoms. The van der Waals surface area contributed by atoms with Crippen LogP contribution in [-0.2, 0) is 10.0 Å². The molecule has 0 radical (unpaired) electrons. The van der Waals surface area contributed by atoms with Gasteiger partial charge in [-0.3, -0.25) is 4.79 Å². The van der Waals surface area contributed by atoms with Gasteiger partial charge in [-0.2, -0.15) is 4.31 Å². The molecule has 6 heteroatoms. The van der Waals surface area contributed by atoms with Crippen LogP contribution in [0.1, 0.15) is 29.6 Å². The fourth-order valence-corrected chi connectivity index (χ4v) is 3.53. The van der Waals surface area contributed by atoms with E-state index < -0.39 is 10.0 Å². The van der Waals surface area contributed by atoms with Gasteiger partial charge in [0, 0.05) is 19.3 Å². The molecule has 2 heterocycles. The Hall–Kier alpha value is -1.27. The lowest BCUT2D eigenvalue weighted by molar-refractivity contribution is 0.111. The number of hydrogen-bond donors (Lipinski definition) is 0. The zero-order valence-corrected chi connectivity index (χ0v) is 10.2. The normalized spacial score (nSPS) is 17.9. The number of aromatic nitrogens is 1. The third-order valence-corrected chi connectivity index (χ3v) is 4.70. The van der Waals surface area contributed by atoms with Crippen LogP contribution in [0, 0.1) is 0 Å². The molecule has 0 unspecified atom stereocenters. The van der Waals surface area contributed by atoms with Crippen LogP contribution in [-0.4, -0.2) is 37.1 Å². The quantitative estimate of drug-likeness (QED) is 0.757. The summed E-state index contributed by atoms with van der Waals surface area (Å²) < 4.78 is 26.0. The summed E-state index contributed by atoms with van der Waals surface area (Å²) in [6.45, 7) is 1.02. The Morgan fingerprint density at radius 1 is 1.24 bits per heavy atom. The zero-order valence-electron chi connectivity index (χ0n) is 9.37. The van der Waals surface area contributed by atoms with Gasteiger partial charge in [0.25, 0.3) is 10.0 Å². The molecule has 0 atom stereocenters. The fourth-order valence-electron chi connectivity index (χ4n) is 1.94. The first kappa shape index (κ1) is 12.2. The van der Waals surface area contributed by atoms with Crippen molar-refractivity contribution in [3.63, 3.8) is 0 Å². The monoisotopic (exact) mass is 254 g/mol. The summed E-state index contributed by atoms with van der Waals surface area (Å²) in [5.74, 6) is 0. The topological polar surface area (TPSA) is 67.3 Å². The van der Waals surface area contributed by atoms with E-state index in [1.807, 2.05) is 0 Å². The van der Waals surface area contributed by atoms with Crippen molar-refractivity contribution >= 4 is 16.3 Å². The first-order valence-corrected chi connectivity index (χ1v) is 7.00. The predicted octanol–water partition coefficient (Wildman–Crippen LogP) is 1.07. The van der Waals surface area contributed by atoms with E-state index in [0.717, 1.165) is 19.3 Å². The molecule has 92 valence electrons. The first-order chi connectivity index (χ1) is 8.16. The van der Waals surface area contributed by atoms with E-state index in [0.29, 0.717) is 19.4 Å². The highest BCUT2D eigenvalue weighted by Gasteiger charge is 2.29. The summed E-state index contributed by atoms with van der Waals surface area (Å²) >= 11 is 0. The Morgan fingerprint density at radius 2 is 1.94 bits per heavy atom. The molecule has 1 aliphatic rings. The molecule has 1 saturated heterocycles. The maximum atomic E-state index is 12.3. The van der Waals surface area contributed by atoms with Gasteiger partial charge in [-0.25, -0.2) is 13.4 Å². The van der Waals surface area contributed by atoms with Crippen LogP contribution in [0.4, 0.5) is 0 Å². The minimum atomic E-state index is -3.61. The molecule has 17 heavy (non-hydrogen) atoms. The van der Waals surface area contributed by atoms with Crippen molar-refractivity contribution in [3.8, 4) is 0 Å². The number of pyridine rings is 1. The van der Waals surface area contributed by atoms with Crippen LogP contribution in [0.2, 0.25) is 0 Å². The average Bonchev–Trinajstić information content (AvgIpc) is 2.39. The number of hydrogen-bond acceptors (Lipinski definition) is 4. The second-order valence-corrected chi connectivity index (χ2v) is 5.83. The Bertz CT molecular complexity index is 507. The molecule has 1 aliphatic heterocycles. The maximum absolute atomic E-state index is 12.3. The van der Waals surface area contributed by atoms with Crippen molar-refractivity contribution in [2.75, 3.05) is 13.1 Å². The minimum Gasteiger partial charge on any atom is -0.298 e. The Kier molecular flexibility index (Phi) is 3.54. The summed E-state index contributed by atoms with van der Waals surface area (Å²) in [6, 6.07) is 3.02. The van der Waals surface area contributed by atoms with Gasteiger partial charge in [0.1, 0.15) is 0 Å². The number of carbonyl (C=O) groups is 1. The molecule has 0 N–H and O–H groups in total. The van der Waals surface area contributed by atoms with Gasteiger partial charge in [0.15, 0.2) is 11.3 Å². The number of sulfonamides is 1. The van der Waals surface area contributed by atoms with Gasteiger partial charge < -0.3 is 0 Å². The summed E-state index contributed by atoms with van der Waals surface area (Å²) in [5.41, 5.74) is 0.123. The van der Waals surface area contributed by atoms with Crippen LogP contribution in [0.3, 0.4) is 0 Å². The number of nitrogens with zero attached hydrogens (tertiary/aromatic N) is 2. The van der Waals surface area contributed by atoms with Gasteiger partial charge in [-0.1, -0.05) is 6.42 Å².